The zero-order valence-electron chi connectivity index (χ0n) is 11.7. The van der Waals surface area contributed by atoms with Crippen LogP contribution in [0.3, 0.4) is 0 Å². The molecule has 2 aromatic carbocycles. The van der Waals surface area contributed by atoms with E-state index in [1.807, 2.05) is 60.7 Å². The van der Waals surface area contributed by atoms with Crippen LogP contribution < -0.4 is 5.01 Å². The average molecular weight is 282 g/mol. The molecule has 2 aromatic rings. The predicted octanol–water partition coefficient (Wildman–Crippen LogP) is 2.02. The number of aliphatic hydroxyl groups is 2. The summed E-state index contributed by atoms with van der Waals surface area (Å²) in [4.78, 5) is 0. The van der Waals surface area contributed by atoms with Gasteiger partial charge < -0.3 is 10.2 Å². The predicted molar refractivity (Wildman–Crippen MR) is 83.4 cm³/mol. The van der Waals surface area contributed by atoms with Crippen molar-refractivity contribution in [2.75, 3.05) is 18.2 Å². The summed E-state index contributed by atoms with van der Waals surface area (Å²) in [6.45, 7) is -0.309. The lowest BCUT2D eigenvalue weighted by atomic mass is 9.92. The Morgan fingerprint density at radius 3 is 2.05 bits per heavy atom. The molecule has 0 bridgehead atoms. The molecule has 4 heteroatoms. The first kappa shape index (κ1) is 13.8. The number of para-hydroxylation sites is 1. The third-order valence-corrected chi connectivity index (χ3v) is 3.86. The van der Waals surface area contributed by atoms with Crippen molar-refractivity contribution in [2.45, 2.75) is 12.0 Å². The first-order chi connectivity index (χ1) is 10.3. The Labute approximate surface area is 124 Å². The van der Waals surface area contributed by atoms with Gasteiger partial charge in [-0.15, -0.1) is 0 Å². The van der Waals surface area contributed by atoms with Crippen LogP contribution in [0.2, 0.25) is 0 Å². The number of aliphatic hydroxyl groups excluding tert-OH is 2. The summed E-state index contributed by atoms with van der Waals surface area (Å²) in [6.07, 6.45) is 0.513. The maximum absolute atomic E-state index is 9.84. The smallest absolute Gasteiger partial charge is 0.115 e. The standard InChI is InChI=1S/C17H18N2O2/c20-12-17(13-21)11-16(14-7-3-1-4-8-14)18-19(17)15-9-5-2-6-10-15/h1-10,20-21H,11-13H2. The number of rotatable bonds is 4. The molecule has 21 heavy (non-hydrogen) atoms. The van der Waals surface area contributed by atoms with Gasteiger partial charge in [-0.2, -0.15) is 5.10 Å². The molecule has 0 amide bonds. The van der Waals surface area contributed by atoms with Crippen molar-refractivity contribution >= 4 is 11.4 Å². The van der Waals surface area contributed by atoms with E-state index in [4.69, 9.17) is 0 Å². The summed E-state index contributed by atoms with van der Waals surface area (Å²) >= 11 is 0. The van der Waals surface area contributed by atoms with Crippen LogP contribution in [-0.4, -0.2) is 34.7 Å². The van der Waals surface area contributed by atoms with Crippen LogP contribution in [-0.2, 0) is 0 Å². The minimum atomic E-state index is -0.785. The molecule has 0 aliphatic carbocycles. The average Bonchev–Trinajstić information content (AvgIpc) is 2.97. The molecule has 2 N–H and O–H groups in total. The van der Waals surface area contributed by atoms with Crippen molar-refractivity contribution in [3.8, 4) is 0 Å². The van der Waals surface area contributed by atoms with E-state index in [1.165, 1.54) is 0 Å². The Morgan fingerprint density at radius 2 is 1.48 bits per heavy atom. The lowest BCUT2D eigenvalue weighted by Crippen LogP contribution is -2.49. The van der Waals surface area contributed by atoms with Gasteiger partial charge in [0.1, 0.15) is 5.54 Å². The van der Waals surface area contributed by atoms with Crippen molar-refractivity contribution in [3.63, 3.8) is 0 Å². The Kier molecular flexibility index (Phi) is 3.73. The summed E-state index contributed by atoms with van der Waals surface area (Å²) in [5.41, 5.74) is 1.98. The van der Waals surface area contributed by atoms with Crippen LogP contribution >= 0.6 is 0 Å². The molecule has 1 aliphatic rings. The van der Waals surface area contributed by atoms with Crippen LogP contribution in [0.1, 0.15) is 12.0 Å². The van der Waals surface area contributed by atoms with E-state index >= 15 is 0 Å². The SMILES string of the molecule is OCC1(CO)CC(c2ccccc2)=NN1c1ccccc1. The molecule has 0 atom stereocenters. The molecular formula is C17H18N2O2. The zero-order valence-corrected chi connectivity index (χ0v) is 11.7. The molecule has 0 fully saturated rings. The van der Waals surface area contributed by atoms with E-state index in [9.17, 15) is 10.2 Å². The van der Waals surface area contributed by atoms with E-state index in [1.54, 1.807) is 5.01 Å². The Hall–Kier alpha value is -2.17. The summed E-state index contributed by atoms with van der Waals surface area (Å²) in [5, 5.41) is 26.1. The van der Waals surface area contributed by atoms with Gasteiger partial charge in [0.2, 0.25) is 0 Å². The molecule has 0 unspecified atom stereocenters. The topological polar surface area (TPSA) is 56.1 Å². The number of anilines is 1. The Balaban J connectivity index is 2.03. The fourth-order valence-corrected chi connectivity index (χ4v) is 2.64. The second-order valence-corrected chi connectivity index (χ2v) is 5.28. The Bertz CT molecular complexity index is 622. The van der Waals surface area contributed by atoms with Crippen LogP contribution in [0.4, 0.5) is 5.69 Å². The maximum Gasteiger partial charge on any atom is 0.115 e. The van der Waals surface area contributed by atoms with E-state index < -0.39 is 5.54 Å². The highest BCUT2D eigenvalue weighted by Gasteiger charge is 2.43. The number of nitrogens with zero attached hydrogens (tertiary/aromatic N) is 2. The van der Waals surface area contributed by atoms with E-state index in [-0.39, 0.29) is 13.2 Å². The van der Waals surface area contributed by atoms with Crippen LogP contribution in [0, 0.1) is 0 Å². The third-order valence-electron chi connectivity index (χ3n) is 3.86. The second kappa shape index (κ2) is 5.68. The van der Waals surface area contributed by atoms with Crippen LogP contribution in [0.5, 0.6) is 0 Å². The molecule has 0 aromatic heterocycles. The van der Waals surface area contributed by atoms with Gasteiger partial charge >= 0.3 is 0 Å². The molecule has 3 rings (SSSR count). The lowest BCUT2D eigenvalue weighted by Gasteiger charge is -2.34. The molecule has 1 aliphatic heterocycles. The van der Waals surface area contributed by atoms with Gasteiger partial charge in [-0.3, -0.25) is 5.01 Å². The van der Waals surface area contributed by atoms with Gasteiger partial charge in [-0.25, -0.2) is 0 Å². The quantitative estimate of drug-likeness (QED) is 0.902. The monoisotopic (exact) mass is 282 g/mol. The van der Waals surface area contributed by atoms with Crippen LogP contribution in [0.15, 0.2) is 65.8 Å². The zero-order chi connectivity index (χ0) is 14.7. The summed E-state index contributed by atoms with van der Waals surface area (Å²) < 4.78 is 0. The fraction of sp³-hybridized carbons (Fsp3) is 0.235. The largest absolute Gasteiger partial charge is 0.394 e. The normalized spacial score (nSPS) is 16.9. The van der Waals surface area contributed by atoms with E-state index in [0.29, 0.717) is 6.42 Å². The highest BCUT2D eigenvalue weighted by Crippen LogP contribution is 2.34. The Morgan fingerprint density at radius 1 is 0.905 bits per heavy atom. The van der Waals surface area contributed by atoms with Crippen molar-refractivity contribution in [1.29, 1.82) is 0 Å². The van der Waals surface area contributed by atoms with Gasteiger partial charge in [0.05, 0.1) is 24.6 Å². The highest BCUT2D eigenvalue weighted by molar-refractivity contribution is 6.03. The van der Waals surface area contributed by atoms with Crippen molar-refractivity contribution < 1.29 is 10.2 Å². The molecular weight excluding hydrogens is 264 g/mol. The molecule has 0 spiro atoms. The molecule has 0 saturated carbocycles. The van der Waals surface area contributed by atoms with E-state index in [0.717, 1.165) is 17.0 Å². The molecule has 0 radical (unpaired) electrons. The van der Waals surface area contributed by atoms with Crippen molar-refractivity contribution in [3.05, 3.63) is 66.2 Å². The third kappa shape index (κ3) is 2.44. The van der Waals surface area contributed by atoms with Gasteiger partial charge in [0, 0.05) is 6.42 Å². The van der Waals surface area contributed by atoms with Gasteiger partial charge in [0.25, 0.3) is 0 Å². The van der Waals surface area contributed by atoms with Gasteiger partial charge in [0.15, 0.2) is 0 Å². The highest BCUT2D eigenvalue weighted by atomic mass is 16.3. The molecule has 108 valence electrons. The first-order valence-electron chi connectivity index (χ1n) is 6.99. The van der Waals surface area contributed by atoms with Gasteiger partial charge in [-0.1, -0.05) is 48.5 Å². The summed E-state index contributed by atoms with van der Waals surface area (Å²) in [7, 11) is 0. The second-order valence-electron chi connectivity index (χ2n) is 5.28. The molecule has 4 nitrogen and oxygen atoms in total. The minimum absolute atomic E-state index is 0.155. The van der Waals surface area contributed by atoms with E-state index in [2.05, 4.69) is 5.10 Å². The van der Waals surface area contributed by atoms with Crippen LogP contribution in [0.25, 0.3) is 0 Å². The molecule has 0 saturated heterocycles. The minimum Gasteiger partial charge on any atom is -0.394 e. The van der Waals surface area contributed by atoms with Crippen molar-refractivity contribution in [2.24, 2.45) is 5.10 Å². The maximum atomic E-state index is 9.84. The number of hydrazone groups is 1. The van der Waals surface area contributed by atoms with Gasteiger partial charge in [-0.05, 0) is 17.7 Å². The summed E-state index contributed by atoms with van der Waals surface area (Å²) in [5.74, 6) is 0. The first-order valence-corrected chi connectivity index (χ1v) is 6.99. The number of benzene rings is 2. The number of hydrogen-bond donors (Lipinski definition) is 2. The summed E-state index contributed by atoms with van der Waals surface area (Å²) in [6, 6.07) is 19.5. The molecule has 1 heterocycles. The fourth-order valence-electron chi connectivity index (χ4n) is 2.64. The lowest BCUT2D eigenvalue weighted by molar-refractivity contribution is 0.124. The number of hydrogen-bond acceptors (Lipinski definition) is 4. The van der Waals surface area contributed by atoms with Crippen molar-refractivity contribution in [1.82, 2.24) is 0 Å².